The zero-order valence-electron chi connectivity index (χ0n) is 11.3. The van der Waals surface area contributed by atoms with Gasteiger partial charge >= 0.3 is 0 Å². The van der Waals surface area contributed by atoms with Gasteiger partial charge < -0.3 is 15.4 Å². The van der Waals surface area contributed by atoms with Crippen LogP contribution in [0.15, 0.2) is 18.2 Å². The lowest BCUT2D eigenvalue weighted by molar-refractivity contribution is -0.138. The van der Waals surface area contributed by atoms with Crippen molar-refractivity contribution in [3.05, 3.63) is 28.2 Å². The van der Waals surface area contributed by atoms with Gasteiger partial charge in [0.15, 0.2) is 6.10 Å². The van der Waals surface area contributed by atoms with Crippen LogP contribution in [0.3, 0.4) is 0 Å². The van der Waals surface area contributed by atoms with Crippen molar-refractivity contribution in [3.8, 4) is 5.75 Å². The van der Waals surface area contributed by atoms with Crippen molar-refractivity contribution in [1.82, 2.24) is 4.90 Å². The van der Waals surface area contributed by atoms with Gasteiger partial charge in [0.05, 0.1) is 5.02 Å². The molecule has 1 amide bonds. The van der Waals surface area contributed by atoms with Crippen molar-refractivity contribution in [2.75, 3.05) is 13.1 Å². The fourth-order valence-electron chi connectivity index (χ4n) is 2.42. The first-order chi connectivity index (χ1) is 9.54. The van der Waals surface area contributed by atoms with Gasteiger partial charge in [-0.2, -0.15) is 0 Å². The normalized spacial score (nSPS) is 20.0. The molecule has 0 spiro atoms. The summed E-state index contributed by atoms with van der Waals surface area (Å²) in [7, 11) is 0. The van der Waals surface area contributed by atoms with Gasteiger partial charge in [0.1, 0.15) is 10.8 Å². The minimum absolute atomic E-state index is 0.0611. The lowest BCUT2D eigenvalue weighted by Gasteiger charge is -2.27. The van der Waals surface area contributed by atoms with E-state index in [1.54, 1.807) is 30.0 Å². The smallest absolute Gasteiger partial charge is 0.263 e. The van der Waals surface area contributed by atoms with Gasteiger partial charge in [-0.05, 0) is 31.9 Å². The van der Waals surface area contributed by atoms with Crippen molar-refractivity contribution in [2.45, 2.75) is 31.9 Å². The molecule has 4 nitrogen and oxygen atoms in total. The first kappa shape index (κ1) is 15.4. The van der Waals surface area contributed by atoms with Gasteiger partial charge in [-0.25, -0.2) is 0 Å². The van der Waals surface area contributed by atoms with Crippen molar-refractivity contribution in [1.29, 1.82) is 0 Å². The molecule has 1 saturated heterocycles. The number of nitrogens with two attached hydrogens (primary N) is 1. The second-order valence-corrected chi connectivity index (χ2v) is 5.66. The van der Waals surface area contributed by atoms with E-state index in [1.165, 1.54) is 0 Å². The number of carbonyl (C=O) groups is 1. The van der Waals surface area contributed by atoms with Crippen LogP contribution >= 0.6 is 23.2 Å². The number of amides is 1. The summed E-state index contributed by atoms with van der Waals surface area (Å²) < 4.78 is 5.64. The summed E-state index contributed by atoms with van der Waals surface area (Å²) in [5.41, 5.74) is 5.69. The van der Waals surface area contributed by atoms with Crippen molar-refractivity contribution < 1.29 is 9.53 Å². The van der Waals surface area contributed by atoms with E-state index in [4.69, 9.17) is 33.7 Å². The van der Waals surface area contributed by atoms with Crippen LogP contribution in [0, 0.1) is 0 Å². The zero-order valence-corrected chi connectivity index (χ0v) is 12.8. The van der Waals surface area contributed by atoms with Gasteiger partial charge in [0.2, 0.25) is 0 Å². The second kappa shape index (κ2) is 6.66. The van der Waals surface area contributed by atoms with Gasteiger partial charge in [-0.1, -0.05) is 29.3 Å². The summed E-state index contributed by atoms with van der Waals surface area (Å²) in [5, 5.41) is 0.732. The molecule has 1 aliphatic rings. The average Bonchev–Trinajstić information content (AvgIpc) is 2.91. The number of likely N-dealkylation sites (tertiary alicyclic amines) is 1. The maximum absolute atomic E-state index is 12.4. The average molecular weight is 317 g/mol. The molecule has 6 heteroatoms. The number of carbonyl (C=O) groups excluding carboxylic acids is 1. The third-order valence-electron chi connectivity index (χ3n) is 3.50. The molecular formula is C14H18Cl2N2O2. The highest BCUT2D eigenvalue weighted by molar-refractivity contribution is 6.42. The SMILES string of the molecule is CC(Oc1cccc(Cl)c1Cl)C(=O)N1CCCC1CN. The predicted octanol–water partition coefficient (Wildman–Crippen LogP) is 2.71. The van der Waals surface area contributed by atoms with Crippen LogP contribution in [0.2, 0.25) is 10.0 Å². The molecule has 2 N–H and O–H groups in total. The summed E-state index contributed by atoms with van der Waals surface area (Å²) in [6.45, 7) is 2.93. The molecule has 1 aromatic carbocycles. The molecule has 1 heterocycles. The number of nitrogens with zero attached hydrogens (tertiary/aromatic N) is 1. The minimum atomic E-state index is -0.613. The number of ether oxygens (including phenoxy) is 1. The Morgan fingerprint density at radius 1 is 1.55 bits per heavy atom. The predicted molar refractivity (Wildman–Crippen MR) is 80.3 cm³/mol. The van der Waals surface area contributed by atoms with Crippen LogP contribution in [-0.4, -0.2) is 36.0 Å². The number of hydrogen-bond donors (Lipinski definition) is 1. The minimum Gasteiger partial charge on any atom is -0.479 e. The highest BCUT2D eigenvalue weighted by Gasteiger charge is 2.31. The Kier molecular flexibility index (Phi) is 5.13. The summed E-state index contributed by atoms with van der Waals surface area (Å²) in [4.78, 5) is 14.2. The standard InChI is InChI=1S/C14H18Cl2N2O2/c1-9(14(19)18-7-3-4-10(18)8-17)20-12-6-2-5-11(15)13(12)16/h2,5-6,9-10H,3-4,7-8,17H2,1H3. The van der Waals surface area contributed by atoms with E-state index >= 15 is 0 Å². The Morgan fingerprint density at radius 3 is 3.00 bits per heavy atom. The summed E-state index contributed by atoms with van der Waals surface area (Å²) in [6.07, 6.45) is 1.32. The molecule has 0 aliphatic carbocycles. The highest BCUT2D eigenvalue weighted by Crippen LogP contribution is 2.32. The van der Waals surface area contributed by atoms with E-state index < -0.39 is 6.10 Å². The molecular weight excluding hydrogens is 299 g/mol. The lowest BCUT2D eigenvalue weighted by Crippen LogP contribution is -2.45. The first-order valence-electron chi connectivity index (χ1n) is 6.65. The molecule has 0 aromatic heterocycles. The van der Waals surface area contributed by atoms with Crippen LogP contribution in [0.4, 0.5) is 0 Å². The number of rotatable bonds is 4. The van der Waals surface area contributed by atoms with Crippen LogP contribution in [-0.2, 0) is 4.79 Å². The molecule has 1 aromatic rings. The maximum Gasteiger partial charge on any atom is 0.263 e. The third-order valence-corrected chi connectivity index (χ3v) is 4.30. The van der Waals surface area contributed by atoms with Crippen LogP contribution in [0.1, 0.15) is 19.8 Å². The molecule has 1 aliphatic heterocycles. The largest absolute Gasteiger partial charge is 0.479 e. The van der Waals surface area contributed by atoms with Crippen LogP contribution in [0.5, 0.6) is 5.75 Å². The summed E-state index contributed by atoms with van der Waals surface area (Å²) >= 11 is 12.0. The maximum atomic E-state index is 12.4. The van der Waals surface area contributed by atoms with E-state index in [0.29, 0.717) is 22.3 Å². The zero-order chi connectivity index (χ0) is 14.7. The van der Waals surface area contributed by atoms with E-state index in [2.05, 4.69) is 0 Å². The van der Waals surface area contributed by atoms with E-state index in [1.807, 2.05) is 0 Å². The lowest BCUT2D eigenvalue weighted by atomic mass is 10.2. The van der Waals surface area contributed by atoms with E-state index in [9.17, 15) is 4.79 Å². The highest BCUT2D eigenvalue weighted by atomic mass is 35.5. The number of halogens is 2. The first-order valence-corrected chi connectivity index (χ1v) is 7.41. The van der Waals surface area contributed by atoms with Crippen LogP contribution in [0.25, 0.3) is 0 Å². The molecule has 2 rings (SSSR count). The number of benzene rings is 1. The Balaban J connectivity index is 2.06. The third kappa shape index (κ3) is 3.19. The Hall–Kier alpha value is -0.970. The van der Waals surface area contributed by atoms with Crippen molar-refractivity contribution in [3.63, 3.8) is 0 Å². The number of hydrogen-bond acceptors (Lipinski definition) is 3. The second-order valence-electron chi connectivity index (χ2n) is 4.88. The molecule has 2 unspecified atom stereocenters. The molecule has 20 heavy (non-hydrogen) atoms. The molecule has 2 atom stereocenters. The van der Waals surface area contributed by atoms with E-state index in [0.717, 1.165) is 19.4 Å². The van der Waals surface area contributed by atoms with E-state index in [-0.39, 0.29) is 11.9 Å². The monoisotopic (exact) mass is 316 g/mol. The molecule has 0 radical (unpaired) electrons. The van der Waals surface area contributed by atoms with Gasteiger partial charge in [0.25, 0.3) is 5.91 Å². The fourth-order valence-corrected chi connectivity index (χ4v) is 2.76. The van der Waals surface area contributed by atoms with Crippen molar-refractivity contribution in [2.24, 2.45) is 5.73 Å². The molecule has 0 bridgehead atoms. The molecule has 110 valence electrons. The molecule has 0 saturated carbocycles. The fraction of sp³-hybridized carbons (Fsp3) is 0.500. The topological polar surface area (TPSA) is 55.6 Å². The van der Waals surface area contributed by atoms with Gasteiger partial charge in [-0.15, -0.1) is 0 Å². The van der Waals surface area contributed by atoms with Crippen molar-refractivity contribution >= 4 is 29.1 Å². The van der Waals surface area contributed by atoms with Crippen LogP contribution < -0.4 is 10.5 Å². The Labute approximate surface area is 128 Å². The van der Waals surface area contributed by atoms with Gasteiger partial charge in [-0.3, -0.25) is 4.79 Å². The summed E-state index contributed by atoms with van der Waals surface area (Å²) in [6, 6.07) is 5.22. The molecule has 1 fully saturated rings. The van der Waals surface area contributed by atoms with Gasteiger partial charge in [0, 0.05) is 19.1 Å². The Bertz CT molecular complexity index is 496. The quantitative estimate of drug-likeness (QED) is 0.929. The Morgan fingerprint density at radius 2 is 2.30 bits per heavy atom. The summed E-state index contributed by atoms with van der Waals surface area (Å²) in [5.74, 6) is 0.359.